The molecule has 1 aliphatic rings. The highest BCUT2D eigenvalue weighted by Gasteiger charge is 2.32. The van der Waals surface area contributed by atoms with Crippen LogP contribution >= 0.6 is 23.2 Å². The third kappa shape index (κ3) is 3.82. The second-order valence-electron chi connectivity index (χ2n) is 6.49. The Morgan fingerprint density at radius 3 is 2.07 bits per heavy atom. The molecule has 0 heterocycles. The number of hydrogen-bond donors (Lipinski definition) is 0. The number of halogens is 3. The van der Waals surface area contributed by atoms with Crippen molar-refractivity contribution in [2.24, 2.45) is 0 Å². The van der Waals surface area contributed by atoms with Gasteiger partial charge >= 0.3 is 0 Å². The highest BCUT2D eigenvalue weighted by atomic mass is 35.5. The molecule has 0 fully saturated rings. The first-order valence-electron chi connectivity index (χ1n) is 8.70. The minimum absolute atomic E-state index is 0.0618. The lowest BCUT2D eigenvalue weighted by molar-refractivity contribution is 0.0990. The summed E-state index contributed by atoms with van der Waals surface area (Å²) in [5, 5.41) is 0.437. The molecule has 6 heteroatoms. The van der Waals surface area contributed by atoms with E-state index in [0.29, 0.717) is 22.3 Å². The zero-order valence-electron chi connectivity index (χ0n) is 14.9. The number of Topliss-reactive ketones (excluding diaryl/α,β-unsaturated/α-hetero) is 2. The Morgan fingerprint density at radius 1 is 0.862 bits per heavy atom. The third-order valence-electron chi connectivity index (χ3n) is 4.51. The van der Waals surface area contributed by atoms with E-state index < -0.39 is 0 Å². The van der Waals surface area contributed by atoms with E-state index in [1.165, 1.54) is 18.2 Å². The molecule has 4 rings (SSSR count). The molecule has 0 N–H and O–H groups in total. The van der Waals surface area contributed by atoms with Crippen molar-refractivity contribution in [1.29, 1.82) is 0 Å². The molecule has 144 valence electrons. The van der Waals surface area contributed by atoms with Crippen LogP contribution in [0.5, 0.6) is 5.75 Å². The number of benzene rings is 3. The number of carbonyl (C=O) groups is 2. The number of hydrogen-bond acceptors (Lipinski definition) is 3. The second-order valence-corrected chi connectivity index (χ2v) is 7.31. The molecule has 0 bridgehead atoms. The topological polar surface area (TPSA) is 43.4 Å². The molecule has 0 amide bonds. The molecule has 1 aliphatic carbocycles. The van der Waals surface area contributed by atoms with E-state index in [0.717, 1.165) is 0 Å². The molecule has 29 heavy (non-hydrogen) atoms. The van der Waals surface area contributed by atoms with E-state index in [4.69, 9.17) is 27.9 Å². The van der Waals surface area contributed by atoms with E-state index >= 15 is 0 Å². The summed E-state index contributed by atoms with van der Waals surface area (Å²) < 4.78 is 18.9. The van der Waals surface area contributed by atoms with E-state index in [-0.39, 0.29) is 45.4 Å². The van der Waals surface area contributed by atoms with Gasteiger partial charge in [-0.1, -0.05) is 59.6 Å². The van der Waals surface area contributed by atoms with Gasteiger partial charge in [0.05, 0.1) is 15.6 Å². The Bertz CT molecular complexity index is 1120. The Labute approximate surface area is 176 Å². The Kier molecular flexibility index (Phi) is 5.22. The number of ketones is 2. The quantitative estimate of drug-likeness (QED) is 0.369. The SMILES string of the molecule is O=C1C(=Cc2cc(Cl)c(OCc3cccc(F)c3)c(Cl)c2)C(=O)c2ccccc21. The first-order chi connectivity index (χ1) is 13.9. The first-order valence-corrected chi connectivity index (χ1v) is 9.46. The van der Waals surface area contributed by atoms with Crippen LogP contribution in [0.2, 0.25) is 10.0 Å². The minimum Gasteiger partial charge on any atom is -0.486 e. The minimum atomic E-state index is -0.364. The van der Waals surface area contributed by atoms with Gasteiger partial charge in [-0.2, -0.15) is 0 Å². The molecule has 0 aliphatic heterocycles. The van der Waals surface area contributed by atoms with Crippen molar-refractivity contribution in [2.75, 3.05) is 0 Å². The smallest absolute Gasteiger partial charge is 0.197 e. The van der Waals surface area contributed by atoms with Crippen LogP contribution in [0.1, 0.15) is 31.8 Å². The van der Waals surface area contributed by atoms with Gasteiger partial charge in [-0.3, -0.25) is 9.59 Å². The molecule has 3 aromatic rings. The van der Waals surface area contributed by atoms with Crippen molar-refractivity contribution in [3.63, 3.8) is 0 Å². The fourth-order valence-corrected chi connectivity index (χ4v) is 3.77. The van der Waals surface area contributed by atoms with Crippen molar-refractivity contribution in [2.45, 2.75) is 6.61 Å². The summed E-state index contributed by atoms with van der Waals surface area (Å²) in [5.74, 6) is -0.780. The predicted octanol–water partition coefficient (Wildman–Crippen LogP) is 6.17. The monoisotopic (exact) mass is 426 g/mol. The van der Waals surface area contributed by atoms with Gasteiger partial charge in [-0.25, -0.2) is 4.39 Å². The highest BCUT2D eigenvalue weighted by molar-refractivity contribution is 6.41. The first kappa shape index (κ1) is 19.4. The van der Waals surface area contributed by atoms with Gasteiger partial charge in [-0.15, -0.1) is 0 Å². The van der Waals surface area contributed by atoms with E-state index in [9.17, 15) is 14.0 Å². The van der Waals surface area contributed by atoms with E-state index in [1.54, 1.807) is 48.5 Å². The summed E-state index contributed by atoms with van der Waals surface area (Å²) in [6.45, 7) is 0.0872. The molecule has 0 saturated heterocycles. The number of rotatable bonds is 4. The Morgan fingerprint density at radius 2 is 1.48 bits per heavy atom. The fraction of sp³-hybridized carbons (Fsp3) is 0.0435. The van der Waals surface area contributed by atoms with E-state index in [2.05, 4.69) is 0 Å². The van der Waals surface area contributed by atoms with Gasteiger partial charge < -0.3 is 4.74 Å². The normalized spacial score (nSPS) is 12.9. The predicted molar refractivity (Wildman–Crippen MR) is 110 cm³/mol. The molecule has 0 saturated carbocycles. The molecule has 3 aromatic carbocycles. The third-order valence-corrected chi connectivity index (χ3v) is 5.07. The average Bonchev–Trinajstić information content (AvgIpc) is 2.93. The zero-order chi connectivity index (χ0) is 20.5. The highest BCUT2D eigenvalue weighted by Crippen LogP contribution is 2.36. The molecule has 0 aromatic heterocycles. The maximum absolute atomic E-state index is 13.3. The van der Waals surface area contributed by atoms with Crippen LogP contribution < -0.4 is 4.74 Å². The van der Waals surface area contributed by atoms with Crippen LogP contribution in [0.3, 0.4) is 0 Å². The van der Waals surface area contributed by atoms with E-state index in [1.807, 2.05) is 0 Å². The molecule has 0 spiro atoms. The summed E-state index contributed by atoms with van der Waals surface area (Å²) in [6, 6.07) is 15.8. The maximum atomic E-state index is 13.3. The lowest BCUT2D eigenvalue weighted by Crippen LogP contribution is -2.01. The summed E-state index contributed by atoms with van der Waals surface area (Å²) >= 11 is 12.6. The van der Waals surface area contributed by atoms with Crippen LogP contribution in [-0.2, 0) is 6.61 Å². The van der Waals surface area contributed by atoms with Crippen molar-refractivity contribution < 1.29 is 18.7 Å². The molecular weight excluding hydrogens is 414 g/mol. The van der Waals surface area contributed by atoms with Crippen LogP contribution in [0.4, 0.5) is 4.39 Å². The molecular formula is C23H13Cl2FO3. The number of allylic oxidation sites excluding steroid dienone is 1. The Hall–Kier alpha value is -2.95. The molecule has 0 unspecified atom stereocenters. The summed E-state index contributed by atoms with van der Waals surface area (Å²) in [7, 11) is 0. The van der Waals surface area contributed by atoms with Gasteiger partial charge in [-0.05, 0) is 41.5 Å². The van der Waals surface area contributed by atoms with Gasteiger partial charge in [0.2, 0.25) is 0 Å². The van der Waals surface area contributed by atoms with Crippen LogP contribution in [0.15, 0.2) is 66.2 Å². The van der Waals surface area contributed by atoms with Crippen molar-refractivity contribution in [3.05, 3.63) is 104 Å². The van der Waals surface area contributed by atoms with Gasteiger partial charge in [0.1, 0.15) is 12.4 Å². The van der Waals surface area contributed by atoms with Gasteiger partial charge in [0, 0.05) is 11.1 Å². The van der Waals surface area contributed by atoms with Gasteiger partial charge in [0.25, 0.3) is 0 Å². The summed E-state index contributed by atoms with van der Waals surface area (Å²) in [4.78, 5) is 25.0. The molecule has 0 radical (unpaired) electrons. The maximum Gasteiger partial charge on any atom is 0.197 e. The van der Waals surface area contributed by atoms with Crippen LogP contribution in [0, 0.1) is 5.82 Å². The molecule has 3 nitrogen and oxygen atoms in total. The van der Waals surface area contributed by atoms with Crippen molar-refractivity contribution >= 4 is 40.8 Å². The van der Waals surface area contributed by atoms with Crippen molar-refractivity contribution in [3.8, 4) is 5.75 Å². The van der Waals surface area contributed by atoms with Gasteiger partial charge in [0.15, 0.2) is 17.3 Å². The standard InChI is InChI=1S/C23H13Cl2FO3/c24-19-10-14(9-18-21(27)16-6-1-2-7-17(16)22(18)28)11-20(25)23(19)29-12-13-4-3-5-15(26)8-13/h1-11H,12H2. The van der Waals surface area contributed by atoms with Crippen LogP contribution in [0.25, 0.3) is 6.08 Å². The Balaban J connectivity index is 1.60. The summed E-state index contributed by atoms with van der Waals surface area (Å²) in [5.41, 5.74) is 1.96. The number of ether oxygens (including phenoxy) is 1. The fourth-order valence-electron chi connectivity index (χ4n) is 3.15. The lowest BCUT2D eigenvalue weighted by Gasteiger charge is -2.11. The molecule has 0 atom stereocenters. The lowest BCUT2D eigenvalue weighted by atomic mass is 10.1. The largest absolute Gasteiger partial charge is 0.486 e. The van der Waals surface area contributed by atoms with Crippen molar-refractivity contribution in [1.82, 2.24) is 0 Å². The summed E-state index contributed by atoms with van der Waals surface area (Å²) in [6.07, 6.45) is 1.47. The second kappa shape index (κ2) is 7.82. The number of carbonyl (C=O) groups excluding carboxylic acids is 2. The van der Waals surface area contributed by atoms with Crippen LogP contribution in [-0.4, -0.2) is 11.6 Å². The number of fused-ring (bicyclic) bond motifs is 1. The zero-order valence-corrected chi connectivity index (χ0v) is 16.4. The average molecular weight is 427 g/mol.